The van der Waals surface area contributed by atoms with E-state index >= 15 is 0 Å². The Morgan fingerprint density at radius 1 is 1.18 bits per heavy atom. The molecule has 0 aromatic carbocycles. The highest BCUT2D eigenvalue weighted by molar-refractivity contribution is 14.1. The van der Waals surface area contributed by atoms with E-state index in [1.807, 2.05) is 0 Å². The molecule has 11 heavy (non-hydrogen) atoms. The monoisotopic (exact) mass is 264 g/mol. The van der Waals surface area contributed by atoms with Crippen molar-refractivity contribution in [2.45, 2.75) is 36.0 Å². The predicted molar refractivity (Wildman–Crippen MR) is 52.9 cm³/mol. The van der Waals surface area contributed by atoms with Crippen LogP contribution >= 0.6 is 22.6 Å². The SMILES string of the molecule is O=C1CC2CCCC(C1)C2I. The van der Waals surface area contributed by atoms with Crippen molar-refractivity contribution in [3.05, 3.63) is 0 Å². The fourth-order valence-corrected chi connectivity index (χ4v) is 3.67. The third-order valence-corrected chi connectivity index (χ3v) is 5.06. The first-order chi connectivity index (χ1) is 5.27. The number of carbonyl (C=O) groups is 1. The second kappa shape index (κ2) is 3.04. The van der Waals surface area contributed by atoms with Crippen molar-refractivity contribution in [1.82, 2.24) is 0 Å². The van der Waals surface area contributed by atoms with Crippen LogP contribution in [-0.2, 0) is 4.79 Å². The number of rotatable bonds is 0. The van der Waals surface area contributed by atoms with E-state index in [9.17, 15) is 4.79 Å². The average Bonchev–Trinajstić information content (AvgIpc) is 1.92. The Morgan fingerprint density at radius 2 is 1.73 bits per heavy atom. The van der Waals surface area contributed by atoms with Crippen LogP contribution < -0.4 is 0 Å². The van der Waals surface area contributed by atoms with Gasteiger partial charge in [0.05, 0.1) is 0 Å². The number of Topliss-reactive ketones (excluding diaryl/α,β-unsaturated/α-hetero) is 1. The van der Waals surface area contributed by atoms with Crippen LogP contribution in [0.3, 0.4) is 0 Å². The summed E-state index contributed by atoms with van der Waals surface area (Å²) in [7, 11) is 0. The Balaban J connectivity index is 2.12. The lowest BCUT2D eigenvalue weighted by atomic mass is 9.72. The molecule has 2 unspecified atom stereocenters. The summed E-state index contributed by atoms with van der Waals surface area (Å²) in [6.07, 6.45) is 5.72. The molecule has 0 amide bonds. The molecular weight excluding hydrogens is 251 g/mol. The van der Waals surface area contributed by atoms with E-state index in [4.69, 9.17) is 0 Å². The summed E-state index contributed by atoms with van der Waals surface area (Å²) in [5.74, 6) is 1.99. The number of halogens is 1. The summed E-state index contributed by atoms with van der Waals surface area (Å²) in [5.41, 5.74) is 0. The first-order valence-electron chi connectivity index (χ1n) is 4.43. The van der Waals surface area contributed by atoms with Crippen molar-refractivity contribution < 1.29 is 4.79 Å². The van der Waals surface area contributed by atoms with Crippen LogP contribution in [0.5, 0.6) is 0 Å². The van der Waals surface area contributed by atoms with Gasteiger partial charge in [-0.15, -0.1) is 0 Å². The van der Waals surface area contributed by atoms with Crippen LogP contribution in [0.2, 0.25) is 0 Å². The van der Waals surface area contributed by atoms with E-state index in [0.29, 0.717) is 5.78 Å². The van der Waals surface area contributed by atoms with E-state index in [1.165, 1.54) is 19.3 Å². The molecule has 0 radical (unpaired) electrons. The summed E-state index contributed by atoms with van der Waals surface area (Å²) in [4.78, 5) is 11.2. The summed E-state index contributed by atoms with van der Waals surface area (Å²) in [6.45, 7) is 0. The van der Waals surface area contributed by atoms with Crippen molar-refractivity contribution in [1.29, 1.82) is 0 Å². The zero-order valence-corrected chi connectivity index (χ0v) is 8.71. The number of fused-ring (bicyclic) bond motifs is 2. The molecule has 0 spiro atoms. The summed E-state index contributed by atoms with van der Waals surface area (Å²) in [6, 6.07) is 0. The third kappa shape index (κ3) is 1.46. The van der Waals surface area contributed by atoms with Gasteiger partial charge in [-0.1, -0.05) is 29.0 Å². The second-order valence-electron chi connectivity index (χ2n) is 3.84. The Morgan fingerprint density at radius 3 is 2.27 bits per heavy atom. The van der Waals surface area contributed by atoms with Gasteiger partial charge in [0.2, 0.25) is 0 Å². The van der Waals surface area contributed by atoms with Gasteiger partial charge >= 0.3 is 0 Å². The molecule has 0 saturated heterocycles. The van der Waals surface area contributed by atoms with Crippen LogP contribution in [0.4, 0.5) is 0 Å². The van der Waals surface area contributed by atoms with Crippen molar-refractivity contribution in [2.24, 2.45) is 11.8 Å². The smallest absolute Gasteiger partial charge is 0.133 e. The normalized spacial score (nSPS) is 44.1. The van der Waals surface area contributed by atoms with Gasteiger partial charge in [0, 0.05) is 16.8 Å². The number of ketones is 1. The minimum Gasteiger partial charge on any atom is -0.300 e. The van der Waals surface area contributed by atoms with Crippen LogP contribution in [0.1, 0.15) is 32.1 Å². The fraction of sp³-hybridized carbons (Fsp3) is 0.889. The zero-order chi connectivity index (χ0) is 7.84. The van der Waals surface area contributed by atoms with Gasteiger partial charge in [-0.3, -0.25) is 4.79 Å². The Kier molecular flexibility index (Phi) is 2.21. The van der Waals surface area contributed by atoms with Gasteiger partial charge in [0.1, 0.15) is 5.78 Å². The molecule has 2 bridgehead atoms. The average molecular weight is 264 g/mol. The molecule has 62 valence electrons. The fourth-order valence-electron chi connectivity index (χ4n) is 2.44. The highest BCUT2D eigenvalue weighted by Crippen LogP contribution is 2.42. The Hall–Kier alpha value is 0.400. The van der Waals surface area contributed by atoms with Gasteiger partial charge in [0.15, 0.2) is 0 Å². The molecule has 2 saturated carbocycles. The maximum Gasteiger partial charge on any atom is 0.133 e. The molecule has 0 aromatic rings. The van der Waals surface area contributed by atoms with Crippen molar-refractivity contribution in [3.8, 4) is 0 Å². The number of hydrogen-bond acceptors (Lipinski definition) is 1. The molecule has 2 atom stereocenters. The maximum absolute atomic E-state index is 11.2. The van der Waals surface area contributed by atoms with Crippen molar-refractivity contribution in [3.63, 3.8) is 0 Å². The molecule has 2 fully saturated rings. The predicted octanol–water partition coefficient (Wildman–Crippen LogP) is 2.57. The Bertz CT molecular complexity index is 162. The minimum atomic E-state index is 0.521. The summed E-state index contributed by atoms with van der Waals surface area (Å²) in [5, 5.41) is 0. The lowest BCUT2D eigenvalue weighted by molar-refractivity contribution is -0.123. The quantitative estimate of drug-likeness (QED) is 0.485. The standard InChI is InChI=1S/C9H13IO/c10-9-6-2-1-3-7(9)5-8(11)4-6/h6-7,9H,1-5H2. The van der Waals surface area contributed by atoms with Crippen molar-refractivity contribution >= 4 is 28.4 Å². The van der Waals surface area contributed by atoms with Crippen LogP contribution in [-0.4, -0.2) is 9.71 Å². The number of alkyl halides is 1. The molecule has 0 heterocycles. The minimum absolute atomic E-state index is 0.521. The van der Waals surface area contributed by atoms with Crippen LogP contribution in [0, 0.1) is 11.8 Å². The molecule has 2 heteroatoms. The highest BCUT2D eigenvalue weighted by Gasteiger charge is 2.37. The molecule has 2 aliphatic carbocycles. The lowest BCUT2D eigenvalue weighted by Gasteiger charge is -2.38. The van der Waals surface area contributed by atoms with Crippen LogP contribution in [0.15, 0.2) is 0 Å². The summed E-state index contributed by atoms with van der Waals surface area (Å²) >= 11 is 2.55. The van der Waals surface area contributed by atoms with Gasteiger partial charge in [-0.2, -0.15) is 0 Å². The van der Waals surface area contributed by atoms with Gasteiger partial charge < -0.3 is 0 Å². The van der Waals surface area contributed by atoms with E-state index in [2.05, 4.69) is 22.6 Å². The molecule has 0 aromatic heterocycles. The second-order valence-corrected chi connectivity index (χ2v) is 5.28. The third-order valence-electron chi connectivity index (χ3n) is 3.03. The van der Waals surface area contributed by atoms with Gasteiger partial charge in [0.25, 0.3) is 0 Å². The first kappa shape index (κ1) is 8.02. The molecule has 2 aliphatic rings. The van der Waals surface area contributed by atoms with E-state index in [-0.39, 0.29) is 0 Å². The van der Waals surface area contributed by atoms with E-state index in [0.717, 1.165) is 28.6 Å². The number of carbonyl (C=O) groups excluding carboxylic acids is 1. The number of hydrogen-bond donors (Lipinski definition) is 0. The molecule has 2 rings (SSSR count). The molecule has 0 N–H and O–H groups in total. The van der Waals surface area contributed by atoms with E-state index in [1.54, 1.807) is 0 Å². The lowest BCUT2D eigenvalue weighted by Crippen LogP contribution is -2.36. The van der Waals surface area contributed by atoms with Gasteiger partial charge in [-0.25, -0.2) is 0 Å². The zero-order valence-electron chi connectivity index (χ0n) is 6.55. The molecular formula is C9H13IO. The molecule has 0 aliphatic heterocycles. The maximum atomic E-state index is 11.2. The van der Waals surface area contributed by atoms with Crippen LogP contribution in [0.25, 0.3) is 0 Å². The highest BCUT2D eigenvalue weighted by atomic mass is 127. The van der Waals surface area contributed by atoms with Crippen molar-refractivity contribution in [2.75, 3.05) is 0 Å². The Labute approximate surface area is 81.1 Å². The van der Waals surface area contributed by atoms with E-state index < -0.39 is 0 Å². The molecule has 1 nitrogen and oxygen atoms in total. The summed E-state index contributed by atoms with van der Waals surface area (Å²) < 4.78 is 0.805. The first-order valence-corrected chi connectivity index (χ1v) is 5.67. The van der Waals surface area contributed by atoms with Gasteiger partial charge in [-0.05, 0) is 24.7 Å². The topological polar surface area (TPSA) is 17.1 Å². The largest absolute Gasteiger partial charge is 0.300 e.